The van der Waals surface area contributed by atoms with Gasteiger partial charge < -0.3 is 24.3 Å². The van der Waals surface area contributed by atoms with Crippen molar-refractivity contribution in [2.45, 2.75) is 32.1 Å². The highest BCUT2D eigenvalue weighted by molar-refractivity contribution is 5.83. The van der Waals surface area contributed by atoms with Crippen LogP contribution < -0.4 is 9.47 Å². The molecule has 3 heterocycles. The number of nitrogens with one attached hydrogen (secondary N) is 1. The molecule has 34 heavy (non-hydrogen) atoms. The number of aromatic amines is 1. The first kappa shape index (κ1) is 22.8. The number of methoxy groups -OCH3 is 2. The topological polar surface area (TPSA) is 57.8 Å². The van der Waals surface area contributed by atoms with Crippen LogP contribution in [0.25, 0.3) is 10.9 Å². The first-order valence-corrected chi connectivity index (χ1v) is 12.4. The third-order valence-corrected chi connectivity index (χ3v) is 7.51. The second kappa shape index (κ2) is 10.1. The molecule has 0 radical (unpaired) electrons. The minimum Gasteiger partial charge on any atom is -0.493 e. The van der Waals surface area contributed by atoms with Crippen LogP contribution in [0, 0.1) is 5.92 Å². The van der Waals surface area contributed by atoms with Gasteiger partial charge in [-0.2, -0.15) is 0 Å². The number of fused-ring (bicyclic) bond motifs is 2. The van der Waals surface area contributed by atoms with Crippen molar-refractivity contribution in [2.75, 3.05) is 46.9 Å². The average Bonchev–Trinajstić information content (AvgIpc) is 3.22. The molecule has 3 aromatic rings. The van der Waals surface area contributed by atoms with Crippen molar-refractivity contribution >= 4 is 16.8 Å². The number of benzene rings is 2. The van der Waals surface area contributed by atoms with Crippen molar-refractivity contribution < 1.29 is 14.3 Å². The number of para-hydroxylation sites is 1. The van der Waals surface area contributed by atoms with E-state index in [1.165, 1.54) is 34.9 Å². The zero-order chi connectivity index (χ0) is 23.5. The van der Waals surface area contributed by atoms with Crippen molar-refractivity contribution in [1.82, 2.24) is 14.8 Å². The Bertz CT molecular complexity index is 1160. The van der Waals surface area contributed by atoms with Crippen molar-refractivity contribution in [2.24, 2.45) is 5.92 Å². The lowest BCUT2D eigenvalue weighted by Gasteiger charge is -2.35. The SMILES string of the molecule is COc1cc2c(cc1OC)CC(=O)N(CC1CCCN(CCc3c[nH]c4ccccc34)C1)CC2. The molecule has 2 aliphatic heterocycles. The number of hydrogen-bond donors (Lipinski definition) is 1. The Morgan fingerprint density at radius 2 is 1.85 bits per heavy atom. The van der Waals surface area contributed by atoms with E-state index in [9.17, 15) is 4.79 Å². The van der Waals surface area contributed by atoms with Gasteiger partial charge in [-0.25, -0.2) is 0 Å². The molecule has 180 valence electrons. The summed E-state index contributed by atoms with van der Waals surface area (Å²) in [6, 6.07) is 12.5. The number of nitrogens with zero attached hydrogens (tertiary/aromatic N) is 2. The smallest absolute Gasteiger partial charge is 0.227 e. The third kappa shape index (κ3) is 4.78. The van der Waals surface area contributed by atoms with Crippen LogP contribution in [0.4, 0.5) is 0 Å². The molecule has 1 N–H and O–H groups in total. The minimum atomic E-state index is 0.224. The summed E-state index contributed by atoms with van der Waals surface area (Å²) in [5.41, 5.74) is 4.86. The van der Waals surface area contributed by atoms with Crippen LogP contribution in [-0.2, 0) is 24.1 Å². The lowest BCUT2D eigenvalue weighted by Crippen LogP contribution is -2.44. The van der Waals surface area contributed by atoms with Gasteiger partial charge in [-0.1, -0.05) is 18.2 Å². The largest absolute Gasteiger partial charge is 0.493 e. The number of ether oxygens (including phenoxy) is 2. The minimum absolute atomic E-state index is 0.224. The molecular weight excluding hydrogens is 426 g/mol. The van der Waals surface area contributed by atoms with E-state index >= 15 is 0 Å². The summed E-state index contributed by atoms with van der Waals surface area (Å²) in [4.78, 5) is 21.2. The zero-order valence-electron chi connectivity index (χ0n) is 20.3. The third-order valence-electron chi connectivity index (χ3n) is 7.51. The molecule has 6 heteroatoms. The molecule has 0 bridgehead atoms. The predicted octanol–water partition coefficient (Wildman–Crippen LogP) is 4.07. The lowest BCUT2D eigenvalue weighted by molar-refractivity contribution is -0.131. The zero-order valence-corrected chi connectivity index (χ0v) is 20.3. The molecule has 1 saturated heterocycles. The highest BCUT2D eigenvalue weighted by Crippen LogP contribution is 2.33. The molecule has 0 aliphatic carbocycles. The van der Waals surface area contributed by atoms with Crippen LogP contribution in [-0.4, -0.2) is 67.6 Å². The lowest BCUT2D eigenvalue weighted by atomic mass is 9.96. The van der Waals surface area contributed by atoms with E-state index in [0.29, 0.717) is 18.1 Å². The van der Waals surface area contributed by atoms with Crippen LogP contribution in [0.1, 0.15) is 29.5 Å². The van der Waals surface area contributed by atoms with Crippen LogP contribution in [0.5, 0.6) is 11.5 Å². The van der Waals surface area contributed by atoms with E-state index < -0.39 is 0 Å². The molecule has 1 amide bonds. The second-order valence-electron chi connectivity index (χ2n) is 9.66. The highest BCUT2D eigenvalue weighted by Gasteiger charge is 2.27. The molecule has 6 nitrogen and oxygen atoms in total. The Morgan fingerprint density at radius 1 is 1.06 bits per heavy atom. The summed E-state index contributed by atoms with van der Waals surface area (Å²) >= 11 is 0. The van der Waals surface area contributed by atoms with Gasteiger partial charge in [0, 0.05) is 43.3 Å². The van der Waals surface area contributed by atoms with Crippen molar-refractivity contribution in [3.8, 4) is 11.5 Å². The number of aromatic nitrogens is 1. The van der Waals surface area contributed by atoms with E-state index in [0.717, 1.165) is 56.9 Å². The van der Waals surface area contributed by atoms with Gasteiger partial charge in [-0.15, -0.1) is 0 Å². The molecule has 5 rings (SSSR count). The van der Waals surface area contributed by atoms with Gasteiger partial charge in [0.15, 0.2) is 11.5 Å². The van der Waals surface area contributed by atoms with Gasteiger partial charge in [0.1, 0.15) is 0 Å². The fourth-order valence-electron chi connectivity index (χ4n) is 5.64. The van der Waals surface area contributed by atoms with Gasteiger partial charge in [-0.05, 0) is 73.0 Å². The van der Waals surface area contributed by atoms with Gasteiger partial charge >= 0.3 is 0 Å². The van der Waals surface area contributed by atoms with E-state index in [1.54, 1.807) is 14.2 Å². The first-order valence-electron chi connectivity index (χ1n) is 12.4. The molecule has 1 aromatic heterocycles. The molecule has 0 saturated carbocycles. The number of carbonyl (C=O) groups is 1. The van der Waals surface area contributed by atoms with Crippen molar-refractivity contribution in [1.29, 1.82) is 0 Å². The maximum absolute atomic E-state index is 13.1. The Balaban J connectivity index is 1.19. The first-order chi connectivity index (χ1) is 16.6. The number of rotatable bonds is 7. The van der Waals surface area contributed by atoms with Crippen molar-refractivity contribution in [3.05, 3.63) is 59.3 Å². The molecule has 1 atom stereocenters. The summed E-state index contributed by atoms with van der Waals surface area (Å²) in [7, 11) is 3.30. The molecule has 1 unspecified atom stereocenters. The van der Waals surface area contributed by atoms with Crippen molar-refractivity contribution in [3.63, 3.8) is 0 Å². The van der Waals surface area contributed by atoms with E-state index in [1.807, 2.05) is 12.1 Å². The maximum Gasteiger partial charge on any atom is 0.227 e. The average molecular weight is 462 g/mol. The standard InChI is InChI=1S/C28H35N3O3/c1-33-26-14-21-10-13-31(28(32)16-23(21)15-27(26)34-2)19-20-6-5-11-30(18-20)12-9-22-17-29-25-8-4-3-7-24(22)25/h3-4,7-8,14-15,17,20,29H,5-6,9-13,16,18-19H2,1-2H3. The fraction of sp³-hybridized carbons (Fsp3) is 0.464. The number of piperidine rings is 1. The summed E-state index contributed by atoms with van der Waals surface area (Å²) in [6.07, 6.45) is 6.91. The van der Waals surface area contributed by atoms with Gasteiger partial charge in [0.2, 0.25) is 5.91 Å². The summed E-state index contributed by atoms with van der Waals surface area (Å²) < 4.78 is 10.9. The maximum atomic E-state index is 13.1. The number of carbonyl (C=O) groups excluding carboxylic acids is 1. The van der Waals surface area contributed by atoms with Gasteiger partial charge in [-0.3, -0.25) is 4.79 Å². The van der Waals surface area contributed by atoms with E-state index in [-0.39, 0.29) is 5.91 Å². The fourth-order valence-corrected chi connectivity index (χ4v) is 5.64. The predicted molar refractivity (Wildman–Crippen MR) is 135 cm³/mol. The second-order valence-corrected chi connectivity index (χ2v) is 9.66. The van der Waals surface area contributed by atoms with Crippen LogP contribution in [0.2, 0.25) is 0 Å². The Labute approximate surface area is 201 Å². The Morgan fingerprint density at radius 3 is 2.68 bits per heavy atom. The van der Waals surface area contributed by atoms with E-state index in [2.05, 4.69) is 45.2 Å². The highest BCUT2D eigenvalue weighted by atomic mass is 16.5. The molecule has 0 spiro atoms. The van der Waals surface area contributed by atoms with Gasteiger partial charge in [0.05, 0.1) is 20.6 Å². The van der Waals surface area contributed by atoms with Crippen LogP contribution >= 0.6 is 0 Å². The number of amides is 1. The quantitative estimate of drug-likeness (QED) is 0.576. The Hall–Kier alpha value is -2.99. The molecular formula is C28H35N3O3. The summed E-state index contributed by atoms with van der Waals surface area (Å²) in [5.74, 6) is 2.19. The molecule has 2 aliphatic rings. The monoisotopic (exact) mass is 461 g/mol. The summed E-state index contributed by atoms with van der Waals surface area (Å²) in [5, 5.41) is 1.33. The van der Waals surface area contributed by atoms with Gasteiger partial charge in [0.25, 0.3) is 0 Å². The number of H-pyrrole nitrogens is 1. The normalized spacial score (nSPS) is 19.2. The number of hydrogen-bond acceptors (Lipinski definition) is 4. The Kier molecular flexibility index (Phi) is 6.77. The summed E-state index contributed by atoms with van der Waals surface area (Å²) in [6.45, 7) is 4.91. The van der Waals surface area contributed by atoms with Crippen LogP contribution in [0.15, 0.2) is 42.6 Å². The van der Waals surface area contributed by atoms with E-state index in [4.69, 9.17) is 9.47 Å². The van der Waals surface area contributed by atoms with Crippen LogP contribution in [0.3, 0.4) is 0 Å². The molecule has 1 fully saturated rings. The number of likely N-dealkylation sites (tertiary alicyclic amines) is 1. The molecule has 2 aromatic carbocycles.